The molecule has 4 rings (SSSR count). The third-order valence-corrected chi connectivity index (χ3v) is 6.43. The van der Waals surface area contributed by atoms with Gasteiger partial charge in [-0.05, 0) is 49.8 Å². The Bertz CT molecular complexity index is 1040. The maximum Gasteiger partial charge on any atom is 0.320 e. The highest BCUT2D eigenvalue weighted by molar-refractivity contribution is 5.80. The predicted molar refractivity (Wildman–Crippen MR) is 122 cm³/mol. The van der Waals surface area contributed by atoms with Crippen LogP contribution in [0.15, 0.2) is 30.5 Å². The SMILES string of the molecule is COc1ccc([C@H](CC(C)=O)N2CCN(CC(F)(F)Cc3ccc4c(n3)CCCC4)C2=O)cn1. The summed E-state index contributed by atoms with van der Waals surface area (Å²) in [6.45, 7) is 1.19. The number of aromatic nitrogens is 2. The molecule has 1 fully saturated rings. The summed E-state index contributed by atoms with van der Waals surface area (Å²) in [5.74, 6) is -2.80. The van der Waals surface area contributed by atoms with Gasteiger partial charge in [0.25, 0.3) is 5.92 Å². The average Bonchev–Trinajstić information content (AvgIpc) is 3.16. The number of aryl methyl sites for hydroxylation is 2. The molecule has 7 nitrogen and oxygen atoms in total. The van der Waals surface area contributed by atoms with Crippen LogP contribution in [-0.4, -0.2) is 64.2 Å². The molecule has 0 radical (unpaired) electrons. The number of urea groups is 1. The van der Waals surface area contributed by atoms with Gasteiger partial charge in [-0.3, -0.25) is 9.78 Å². The Kier molecular flexibility index (Phi) is 7.09. The lowest BCUT2D eigenvalue weighted by molar-refractivity contribution is -0.118. The third-order valence-electron chi connectivity index (χ3n) is 6.43. The van der Waals surface area contributed by atoms with Crippen LogP contribution in [0.25, 0.3) is 0 Å². The van der Waals surface area contributed by atoms with Crippen LogP contribution < -0.4 is 4.74 Å². The zero-order valence-corrected chi connectivity index (χ0v) is 19.6. The van der Waals surface area contributed by atoms with Crippen molar-refractivity contribution in [3.8, 4) is 5.88 Å². The Morgan fingerprint density at radius 3 is 2.68 bits per heavy atom. The molecule has 182 valence electrons. The molecule has 0 spiro atoms. The monoisotopic (exact) mass is 472 g/mol. The summed E-state index contributed by atoms with van der Waals surface area (Å²) < 4.78 is 35.0. The second kappa shape index (κ2) is 10.0. The molecule has 2 amide bonds. The number of carbonyl (C=O) groups is 2. The number of hydrogen-bond acceptors (Lipinski definition) is 5. The molecule has 1 aliphatic carbocycles. The molecule has 2 aromatic rings. The number of carbonyl (C=O) groups excluding carboxylic acids is 2. The maximum atomic E-state index is 15.0. The van der Waals surface area contributed by atoms with E-state index < -0.39 is 31.0 Å². The van der Waals surface area contributed by atoms with Gasteiger partial charge in [-0.1, -0.05) is 12.1 Å². The number of hydrogen-bond donors (Lipinski definition) is 0. The summed E-state index contributed by atoms with van der Waals surface area (Å²) in [6, 6.07) is 5.91. The number of pyridine rings is 2. The summed E-state index contributed by atoms with van der Waals surface area (Å²) in [5.41, 5.74) is 3.08. The van der Waals surface area contributed by atoms with Crippen molar-refractivity contribution in [1.82, 2.24) is 19.8 Å². The van der Waals surface area contributed by atoms with E-state index in [1.165, 1.54) is 23.8 Å². The molecule has 0 aromatic carbocycles. The highest BCUT2D eigenvalue weighted by atomic mass is 19.3. The minimum Gasteiger partial charge on any atom is -0.481 e. The molecule has 3 heterocycles. The highest BCUT2D eigenvalue weighted by Gasteiger charge is 2.41. The smallest absolute Gasteiger partial charge is 0.320 e. The molecule has 0 bridgehead atoms. The van der Waals surface area contributed by atoms with E-state index in [0.29, 0.717) is 17.1 Å². The summed E-state index contributed by atoms with van der Waals surface area (Å²) in [6.07, 6.45) is 5.04. The molecule has 0 N–H and O–H groups in total. The number of methoxy groups -OCH3 is 1. The van der Waals surface area contributed by atoms with Crippen molar-refractivity contribution in [1.29, 1.82) is 0 Å². The van der Waals surface area contributed by atoms with E-state index in [0.717, 1.165) is 36.9 Å². The molecular formula is C25H30F2N4O3. The first-order valence-corrected chi connectivity index (χ1v) is 11.7. The number of alkyl halides is 2. The number of fused-ring (bicyclic) bond motifs is 1. The van der Waals surface area contributed by atoms with E-state index in [1.807, 2.05) is 6.07 Å². The fourth-order valence-corrected chi connectivity index (χ4v) is 4.75. The number of ketones is 1. The van der Waals surface area contributed by atoms with E-state index in [2.05, 4.69) is 9.97 Å². The van der Waals surface area contributed by atoms with Gasteiger partial charge in [0, 0.05) is 43.2 Å². The molecule has 34 heavy (non-hydrogen) atoms. The van der Waals surface area contributed by atoms with Crippen LogP contribution in [0.5, 0.6) is 5.88 Å². The first kappa shape index (κ1) is 24.0. The third kappa shape index (κ3) is 5.51. The largest absolute Gasteiger partial charge is 0.481 e. The highest BCUT2D eigenvalue weighted by Crippen LogP contribution is 2.31. The van der Waals surface area contributed by atoms with Crippen molar-refractivity contribution in [2.24, 2.45) is 0 Å². The van der Waals surface area contributed by atoms with Crippen molar-refractivity contribution < 1.29 is 23.1 Å². The Balaban J connectivity index is 1.45. The Morgan fingerprint density at radius 1 is 1.18 bits per heavy atom. The zero-order chi connectivity index (χ0) is 24.3. The van der Waals surface area contributed by atoms with Crippen LogP contribution in [0, 0.1) is 0 Å². The predicted octanol–water partition coefficient (Wildman–Crippen LogP) is 4.00. The van der Waals surface area contributed by atoms with Gasteiger partial charge in [0.1, 0.15) is 5.78 Å². The zero-order valence-electron chi connectivity index (χ0n) is 19.6. The van der Waals surface area contributed by atoms with Gasteiger partial charge < -0.3 is 14.5 Å². The summed E-state index contributed by atoms with van der Waals surface area (Å²) in [4.78, 5) is 36.3. The molecule has 2 aliphatic rings. The van der Waals surface area contributed by atoms with Crippen molar-refractivity contribution >= 4 is 11.8 Å². The van der Waals surface area contributed by atoms with Gasteiger partial charge in [0.05, 0.1) is 26.1 Å². The number of nitrogens with zero attached hydrogens (tertiary/aromatic N) is 4. The standard InChI is InChI=1S/C25H30F2N4O3/c1-17(32)13-22(19-8-10-23(34-2)28-15-19)31-12-11-30(24(31)33)16-25(26,27)14-20-9-7-18-5-3-4-6-21(18)29-20/h7-10,15,22H,3-6,11-14,16H2,1-2H3/t22-/m0/s1. The van der Waals surface area contributed by atoms with E-state index >= 15 is 0 Å². The lowest BCUT2D eigenvalue weighted by atomic mass is 9.95. The molecule has 2 aromatic heterocycles. The van der Waals surface area contributed by atoms with Crippen LogP contribution >= 0.6 is 0 Å². The Labute approximate surface area is 198 Å². The quantitative estimate of drug-likeness (QED) is 0.552. The van der Waals surface area contributed by atoms with Crippen molar-refractivity contribution in [3.63, 3.8) is 0 Å². The first-order valence-electron chi connectivity index (χ1n) is 11.7. The van der Waals surface area contributed by atoms with Crippen LogP contribution in [0.4, 0.5) is 13.6 Å². The van der Waals surface area contributed by atoms with Crippen molar-refractivity contribution in [2.75, 3.05) is 26.7 Å². The minimum absolute atomic E-state index is 0.0863. The van der Waals surface area contributed by atoms with Gasteiger partial charge in [0.2, 0.25) is 5.88 Å². The summed E-state index contributed by atoms with van der Waals surface area (Å²) in [5, 5.41) is 0. The summed E-state index contributed by atoms with van der Waals surface area (Å²) >= 11 is 0. The first-order chi connectivity index (χ1) is 16.3. The molecular weight excluding hydrogens is 442 g/mol. The van der Waals surface area contributed by atoms with E-state index in [1.54, 1.807) is 24.4 Å². The number of Topliss-reactive ketones (excluding diaryl/α,β-unsaturated/α-hetero) is 1. The lowest BCUT2D eigenvalue weighted by Crippen LogP contribution is -2.42. The topological polar surface area (TPSA) is 75.6 Å². The Morgan fingerprint density at radius 2 is 1.97 bits per heavy atom. The number of rotatable bonds is 9. The fourth-order valence-electron chi connectivity index (χ4n) is 4.75. The van der Waals surface area contributed by atoms with Gasteiger partial charge in [-0.25, -0.2) is 18.6 Å². The minimum atomic E-state index is -3.11. The van der Waals surface area contributed by atoms with Gasteiger partial charge >= 0.3 is 6.03 Å². The van der Waals surface area contributed by atoms with E-state index in [9.17, 15) is 18.4 Å². The second-order valence-electron chi connectivity index (χ2n) is 9.10. The number of ether oxygens (including phenoxy) is 1. The van der Waals surface area contributed by atoms with E-state index in [-0.39, 0.29) is 25.3 Å². The fraction of sp³-hybridized carbons (Fsp3) is 0.520. The van der Waals surface area contributed by atoms with Crippen LogP contribution in [-0.2, 0) is 24.1 Å². The molecule has 1 saturated heterocycles. The van der Waals surface area contributed by atoms with Crippen molar-refractivity contribution in [3.05, 3.63) is 53.0 Å². The normalized spacial score (nSPS) is 17.0. The lowest BCUT2D eigenvalue weighted by Gasteiger charge is -2.29. The average molecular weight is 473 g/mol. The van der Waals surface area contributed by atoms with Gasteiger partial charge in [-0.2, -0.15) is 0 Å². The molecule has 9 heteroatoms. The van der Waals surface area contributed by atoms with Crippen LogP contribution in [0.2, 0.25) is 0 Å². The second-order valence-corrected chi connectivity index (χ2v) is 9.10. The van der Waals surface area contributed by atoms with E-state index in [4.69, 9.17) is 4.74 Å². The van der Waals surface area contributed by atoms with Gasteiger partial charge in [-0.15, -0.1) is 0 Å². The molecule has 1 aliphatic heterocycles. The maximum absolute atomic E-state index is 15.0. The molecule has 1 atom stereocenters. The van der Waals surface area contributed by atoms with Crippen LogP contribution in [0.3, 0.4) is 0 Å². The van der Waals surface area contributed by atoms with Gasteiger partial charge in [0.15, 0.2) is 0 Å². The molecule has 0 saturated carbocycles. The number of halogens is 2. The molecule has 0 unspecified atom stereocenters. The van der Waals surface area contributed by atoms with Crippen LogP contribution in [0.1, 0.15) is 54.7 Å². The summed E-state index contributed by atoms with van der Waals surface area (Å²) in [7, 11) is 1.50. The van der Waals surface area contributed by atoms with Crippen molar-refractivity contribution in [2.45, 2.75) is 57.4 Å². The number of amides is 2. The Hall–Kier alpha value is -3.10.